The molecule has 1 amide bonds. The van der Waals surface area contributed by atoms with Gasteiger partial charge in [0.1, 0.15) is 5.82 Å². The van der Waals surface area contributed by atoms with E-state index in [1.165, 1.54) is 12.1 Å². The van der Waals surface area contributed by atoms with E-state index in [2.05, 4.69) is 5.32 Å². The number of rotatable bonds is 3. The quantitative estimate of drug-likeness (QED) is 0.925. The topological polar surface area (TPSA) is 32.3 Å². The monoisotopic (exact) mass is 284 g/mol. The molecule has 0 aliphatic carbocycles. The SMILES string of the molecule is Cc1cc(Cl)c(C(=O)N(C)CC2CCCN2)cc1F. The summed E-state index contributed by atoms with van der Waals surface area (Å²) < 4.78 is 13.5. The van der Waals surface area contributed by atoms with Gasteiger partial charge in [0.15, 0.2) is 0 Å². The minimum atomic E-state index is -0.403. The third kappa shape index (κ3) is 3.25. The number of hydrogen-bond acceptors (Lipinski definition) is 2. The summed E-state index contributed by atoms with van der Waals surface area (Å²) >= 11 is 6.03. The van der Waals surface area contributed by atoms with Crippen LogP contribution in [0.25, 0.3) is 0 Å². The zero-order valence-corrected chi connectivity index (χ0v) is 11.9. The Morgan fingerprint density at radius 1 is 1.58 bits per heavy atom. The van der Waals surface area contributed by atoms with Crippen molar-refractivity contribution in [3.05, 3.63) is 34.1 Å². The highest BCUT2D eigenvalue weighted by molar-refractivity contribution is 6.33. The summed E-state index contributed by atoms with van der Waals surface area (Å²) in [6, 6.07) is 3.03. The maximum Gasteiger partial charge on any atom is 0.255 e. The molecule has 0 spiro atoms. The molecule has 1 heterocycles. The second kappa shape index (κ2) is 5.88. The number of nitrogens with zero attached hydrogens (tertiary/aromatic N) is 1. The van der Waals surface area contributed by atoms with Gasteiger partial charge in [-0.05, 0) is 44.0 Å². The van der Waals surface area contributed by atoms with Crippen molar-refractivity contribution in [2.24, 2.45) is 0 Å². The molecular formula is C14H18ClFN2O. The van der Waals surface area contributed by atoms with Crippen LogP contribution in [0.4, 0.5) is 4.39 Å². The summed E-state index contributed by atoms with van der Waals surface area (Å²) in [5, 5.41) is 3.63. The van der Waals surface area contributed by atoms with Crippen molar-refractivity contribution < 1.29 is 9.18 Å². The molecule has 5 heteroatoms. The van der Waals surface area contributed by atoms with E-state index in [0.717, 1.165) is 19.4 Å². The number of aryl methyl sites for hydroxylation is 1. The van der Waals surface area contributed by atoms with Crippen LogP contribution in [0.15, 0.2) is 12.1 Å². The zero-order chi connectivity index (χ0) is 14.0. The van der Waals surface area contributed by atoms with E-state index in [1.54, 1.807) is 18.9 Å². The summed E-state index contributed by atoms with van der Waals surface area (Å²) in [6.45, 7) is 3.24. The summed E-state index contributed by atoms with van der Waals surface area (Å²) in [6.07, 6.45) is 2.19. The Morgan fingerprint density at radius 3 is 2.95 bits per heavy atom. The maximum absolute atomic E-state index is 13.5. The van der Waals surface area contributed by atoms with Gasteiger partial charge >= 0.3 is 0 Å². The normalized spacial score (nSPS) is 18.6. The van der Waals surface area contributed by atoms with Crippen LogP contribution in [0.1, 0.15) is 28.8 Å². The summed E-state index contributed by atoms with van der Waals surface area (Å²) in [7, 11) is 1.72. The third-order valence-electron chi connectivity index (χ3n) is 3.48. The first-order chi connectivity index (χ1) is 8.99. The Hall–Kier alpha value is -1.13. The van der Waals surface area contributed by atoms with Crippen LogP contribution in [0, 0.1) is 12.7 Å². The predicted octanol–water partition coefficient (Wildman–Crippen LogP) is 2.61. The highest BCUT2D eigenvalue weighted by Gasteiger charge is 2.21. The van der Waals surface area contributed by atoms with Crippen molar-refractivity contribution in [1.82, 2.24) is 10.2 Å². The molecule has 1 aromatic rings. The number of hydrogen-bond donors (Lipinski definition) is 1. The molecule has 1 aliphatic rings. The largest absolute Gasteiger partial charge is 0.340 e. The predicted molar refractivity (Wildman–Crippen MR) is 74.1 cm³/mol. The fourth-order valence-electron chi connectivity index (χ4n) is 2.34. The van der Waals surface area contributed by atoms with Gasteiger partial charge in [-0.25, -0.2) is 4.39 Å². The Balaban J connectivity index is 2.12. The van der Waals surface area contributed by atoms with Crippen molar-refractivity contribution >= 4 is 17.5 Å². The maximum atomic E-state index is 13.5. The minimum Gasteiger partial charge on any atom is -0.340 e. The van der Waals surface area contributed by atoms with Crippen LogP contribution in [0.3, 0.4) is 0 Å². The van der Waals surface area contributed by atoms with Gasteiger partial charge in [0.05, 0.1) is 10.6 Å². The number of carbonyl (C=O) groups excluding carboxylic acids is 1. The van der Waals surface area contributed by atoms with Crippen molar-refractivity contribution in [3.63, 3.8) is 0 Å². The average Bonchev–Trinajstić information content (AvgIpc) is 2.85. The molecule has 0 aromatic heterocycles. The fraction of sp³-hybridized carbons (Fsp3) is 0.500. The fourth-order valence-corrected chi connectivity index (χ4v) is 2.64. The van der Waals surface area contributed by atoms with Gasteiger partial charge in [-0.2, -0.15) is 0 Å². The minimum absolute atomic E-state index is 0.227. The highest BCUT2D eigenvalue weighted by atomic mass is 35.5. The number of nitrogens with one attached hydrogen (secondary N) is 1. The first-order valence-electron chi connectivity index (χ1n) is 6.43. The summed E-state index contributed by atoms with van der Waals surface area (Å²) in [5.41, 5.74) is 0.673. The summed E-state index contributed by atoms with van der Waals surface area (Å²) in [4.78, 5) is 13.9. The second-order valence-electron chi connectivity index (χ2n) is 5.06. The molecule has 1 aromatic carbocycles. The molecular weight excluding hydrogens is 267 g/mol. The number of amides is 1. The molecule has 1 fully saturated rings. The Labute approximate surface area is 117 Å². The van der Waals surface area contributed by atoms with E-state index in [-0.39, 0.29) is 11.5 Å². The highest BCUT2D eigenvalue weighted by Crippen LogP contribution is 2.22. The molecule has 0 radical (unpaired) electrons. The van der Waals surface area contributed by atoms with Crippen molar-refractivity contribution in [1.29, 1.82) is 0 Å². The van der Waals surface area contributed by atoms with Gasteiger partial charge < -0.3 is 10.2 Å². The lowest BCUT2D eigenvalue weighted by atomic mass is 10.1. The molecule has 0 saturated carbocycles. The first kappa shape index (κ1) is 14.3. The second-order valence-corrected chi connectivity index (χ2v) is 5.47. The zero-order valence-electron chi connectivity index (χ0n) is 11.2. The number of benzene rings is 1. The van der Waals surface area contributed by atoms with Crippen LogP contribution >= 0.6 is 11.6 Å². The van der Waals surface area contributed by atoms with Crippen LogP contribution < -0.4 is 5.32 Å². The number of halogens is 2. The molecule has 1 aliphatic heterocycles. The number of carbonyl (C=O) groups is 1. The van der Waals surface area contributed by atoms with Crippen molar-refractivity contribution in [2.75, 3.05) is 20.1 Å². The molecule has 1 unspecified atom stereocenters. The molecule has 1 N–H and O–H groups in total. The van der Waals surface area contributed by atoms with Gasteiger partial charge in [-0.15, -0.1) is 0 Å². The van der Waals surface area contributed by atoms with Crippen LogP contribution in [0.5, 0.6) is 0 Å². The smallest absolute Gasteiger partial charge is 0.255 e. The molecule has 19 heavy (non-hydrogen) atoms. The molecule has 0 bridgehead atoms. The summed E-state index contributed by atoms with van der Waals surface area (Å²) in [5.74, 6) is -0.641. The number of likely N-dealkylation sites (N-methyl/N-ethyl adjacent to an activating group) is 1. The van der Waals surface area contributed by atoms with Crippen LogP contribution in [-0.4, -0.2) is 37.0 Å². The molecule has 3 nitrogen and oxygen atoms in total. The van der Waals surface area contributed by atoms with E-state index < -0.39 is 5.82 Å². The van der Waals surface area contributed by atoms with Gasteiger partial charge in [-0.3, -0.25) is 4.79 Å². The lowest BCUT2D eigenvalue weighted by Gasteiger charge is -2.22. The standard InChI is InChI=1S/C14H18ClFN2O/c1-9-6-12(15)11(7-13(9)16)14(19)18(2)8-10-4-3-5-17-10/h6-7,10,17H,3-5,8H2,1-2H3. The van der Waals surface area contributed by atoms with E-state index in [9.17, 15) is 9.18 Å². The lowest BCUT2D eigenvalue weighted by Crippen LogP contribution is -2.38. The molecule has 1 saturated heterocycles. The van der Waals surface area contributed by atoms with E-state index in [0.29, 0.717) is 23.2 Å². The van der Waals surface area contributed by atoms with Crippen LogP contribution in [0.2, 0.25) is 5.02 Å². The first-order valence-corrected chi connectivity index (χ1v) is 6.81. The molecule has 104 valence electrons. The van der Waals surface area contributed by atoms with E-state index in [1.807, 2.05) is 0 Å². The van der Waals surface area contributed by atoms with Crippen molar-refractivity contribution in [2.45, 2.75) is 25.8 Å². The lowest BCUT2D eigenvalue weighted by molar-refractivity contribution is 0.0783. The van der Waals surface area contributed by atoms with Gasteiger partial charge in [-0.1, -0.05) is 11.6 Å². The van der Waals surface area contributed by atoms with E-state index >= 15 is 0 Å². The van der Waals surface area contributed by atoms with E-state index in [4.69, 9.17) is 11.6 Å². The molecule has 2 rings (SSSR count). The van der Waals surface area contributed by atoms with Gasteiger partial charge in [0.2, 0.25) is 0 Å². The Kier molecular flexibility index (Phi) is 4.42. The molecule has 1 atom stereocenters. The van der Waals surface area contributed by atoms with Crippen LogP contribution in [-0.2, 0) is 0 Å². The van der Waals surface area contributed by atoms with Gasteiger partial charge in [0.25, 0.3) is 5.91 Å². The van der Waals surface area contributed by atoms with Gasteiger partial charge in [0, 0.05) is 19.6 Å². The Bertz CT molecular complexity index is 487. The Morgan fingerprint density at radius 2 is 2.32 bits per heavy atom. The third-order valence-corrected chi connectivity index (χ3v) is 3.79. The van der Waals surface area contributed by atoms with Crippen molar-refractivity contribution in [3.8, 4) is 0 Å². The average molecular weight is 285 g/mol.